The lowest BCUT2D eigenvalue weighted by Gasteiger charge is -2.03. The van der Waals surface area contributed by atoms with Gasteiger partial charge in [-0.1, -0.05) is 6.07 Å². The summed E-state index contributed by atoms with van der Waals surface area (Å²) in [6.07, 6.45) is 3.66. The van der Waals surface area contributed by atoms with Gasteiger partial charge < -0.3 is 10.3 Å². The molecule has 2 aromatic heterocycles. The van der Waals surface area contributed by atoms with Crippen LogP contribution in [0, 0.1) is 0 Å². The molecule has 82 valence electrons. The molecule has 0 saturated heterocycles. The van der Waals surface area contributed by atoms with Crippen molar-refractivity contribution in [2.75, 3.05) is 0 Å². The van der Waals surface area contributed by atoms with Gasteiger partial charge in [0.1, 0.15) is 10.3 Å². The number of hydrogen-bond acceptors (Lipinski definition) is 2. The average Bonchev–Trinajstić information content (AvgIpc) is 2.78. The first-order chi connectivity index (χ1) is 7.75. The number of aromatic nitrogens is 2. The molecule has 5 heteroatoms. The number of H-pyrrole nitrogens is 1. The van der Waals surface area contributed by atoms with Gasteiger partial charge in [0.05, 0.1) is 0 Å². The van der Waals surface area contributed by atoms with E-state index in [9.17, 15) is 4.79 Å². The van der Waals surface area contributed by atoms with E-state index in [1.807, 2.05) is 18.5 Å². The molecule has 0 aliphatic heterocycles. The third kappa shape index (κ3) is 2.70. The summed E-state index contributed by atoms with van der Waals surface area (Å²) in [5.41, 5.74) is 1.44. The minimum atomic E-state index is -0.178. The third-order valence-electron chi connectivity index (χ3n) is 2.06. The molecule has 0 bridgehead atoms. The molecule has 1 amide bonds. The molecule has 0 aliphatic rings. The maximum absolute atomic E-state index is 11.7. The molecule has 0 aliphatic carbocycles. The molecule has 0 atom stereocenters. The van der Waals surface area contributed by atoms with Crippen molar-refractivity contribution in [2.45, 2.75) is 6.54 Å². The summed E-state index contributed by atoms with van der Waals surface area (Å²) < 4.78 is 0.654. The van der Waals surface area contributed by atoms with Gasteiger partial charge in [-0.15, -0.1) is 0 Å². The van der Waals surface area contributed by atoms with E-state index in [1.54, 1.807) is 18.2 Å². The van der Waals surface area contributed by atoms with Crippen molar-refractivity contribution in [2.24, 2.45) is 0 Å². The van der Waals surface area contributed by atoms with Crippen LogP contribution >= 0.6 is 15.9 Å². The molecule has 4 nitrogen and oxygen atoms in total. The molecule has 2 N–H and O–H groups in total. The number of nitrogens with zero attached hydrogens (tertiary/aromatic N) is 1. The van der Waals surface area contributed by atoms with E-state index >= 15 is 0 Å². The Morgan fingerprint density at radius 3 is 3.00 bits per heavy atom. The lowest BCUT2D eigenvalue weighted by molar-refractivity contribution is 0.0946. The molecule has 2 rings (SSSR count). The van der Waals surface area contributed by atoms with Gasteiger partial charge in [0, 0.05) is 18.9 Å². The van der Waals surface area contributed by atoms with E-state index in [0.717, 1.165) is 5.56 Å². The number of hydrogen-bond donors (Lipinski definition) is 2. The molecule has 2 aromatic rings. The van der Waals surface area contributed by atoms with E-state index in [4.69, 9.17) is 0 Å². The molecule has 0 radical (unpaired) electrons. The Kier molecular flexibility index (Phi) is 3.36. The molecule has 0 unspecified atom stereocenters. The lowest BCUT2D eigenvalue weighted by atomic mass is 10.3. The number of rotatable bonds is 3. The fraction of sp³-hybridized carbons (Fsp3) is 0.0909. The van der Waals surface area contributed by atoms with Crippen LogP contribution in [0.1, 0.15) is 16.1 Å². The highest BCUT2D eigenvalue weighted by Crippen LogP contribution is 2.06. The summed E-state index contributed by atoms with van der Waals surface area (Å²) in [5, 5.41) is 2.79. The summed E-state index contributed by atoms with van der Waals surface area (Å²) in [5.74, 6) is -0.178. The summed E-state index contributed by atoms with van der Waals surface area (Å²) in [6.45, 7) is 0.497. The smallest absolute Gasteiger partial charge is 0.270 e. The molecule has 2 heterocycles. The van der Waals surface area contributed by atoms with Crippen LogP contribution in [0.2, 0.25) is 0 Å². The Hall–Kier alpha value is -1.62. The predicted molar refractivity (Wildman–Crippen MR) is 63.9 cm³/mol. The van der Waals surface area contributed by atoms with Gasteiger partial charge >= 0.3 is 0 Å². The fourth-order valence-electron chi connectivity index (χ4n) is 1.28. The van der Waals surface area contributed by atoms with Gasteiger partial charge in [-0.2, -0.15) is 0 Å². The molecule has 0 aromatic carbocycles. The molecule has 0 saturated carbocycles. The molecule has 0 fully saturated rings. The minimum absolute atomic E-state index is 0.178. The molecular weight excluding hydrogens is 270 g/mol. The highest BCUT2D eigenvalue weighted by atomic mass is 79.9. The van der Waals surface area contributed by atoms with Gasteiger partial charge in [0.2, 0.25) is 0 Å². The topological polar surface area (TPSA) is 57.8 Å². The van der Waals surface area contributed by atoms with Crippen molar-refractivity contribution in [1.29, 1.82) is 0 Å². The largest absolute Gasteiger partial charge is 0.367 e. The van der Waals surface area contributed by atoms with Crippen LogP contribution in [0.4, 0.5) is 0 Å². The standard InChI is InChI=1S/C11H10BrN3O/c12-10-3-1-2-9(15-10)11(16)14-7-8-4-5-13-6-8/h1-6,13H,7H2,(H,14,16). The van der Waals surface area contributed by atoms with Gasteiger partial charge in [0.25, 0.3) is 5.91 Å². The monoisotopic (exact) mass is 279 g/mol. The second-order valence-electron chi connectivity index (χ2n) is 3.25. The molecule has 16 heavy (non-hydrogen) atoms. The highest BCUT2D eigenvalue weighted by molar-refractivity contribution is 9.10. The number of pyridine rings is 1. The summed E-state index contributed by atoms with van der Waals surface area (Å²) >= 11 is 3.22. The zero-order valence-corrected chi connectivity index (χ0v) is 9.99. The van der Waals surface area contributed by atoms with Gasteiger partial charge in [-0.25, -0.2) is 4.98 Å². The van der Waals surface area contributed by atoms with Crippen molar-refractivity contribution in [1.82, 2.24) is 15.3 Å². The van der Waals surface area contributed by atoms with E-state index in [1.165, 1.54) is 0 Å². The average molecular weight is 280 g/mol. The number of amides is 1. The van der Waals surface area contributed by atoms with Crippen molar-refractivity contribution < 1.29 is 4.79 Å². The first-order valence-electron chi connectivity index (χ1n) is 4.78. The van der Waals surface area contributed by atoms with Crippen LogP contribution in [-0.2, 0) is 6.54 Å². The number of halogens is 1. The van der Waals surface area contributed by atoms with E-state index in [0.29, 0.717) is 16.8 Å². The van der Waals surface area contributed by atoms with Crippen LogP contribution < -0.4 is 5.32 Å². The second kappa shape index (κ2) is 4.94. The van der Waals surface area contributed by atoms with E-state index < -0.39 is 0 Å². The van der Waals surface area contributed by atoms with Crippen LogP contribution in [0.3, 0.4) is 0 Å². The van der Waals surface area contributed by atoms with Crippen molar-refractivity contribution >= 4 is 21.8 Å². The summed E-state index contributed by atoms with van der Waals surface area (Å²) in [7, 11) is 0. The van der Waals surface area contributed by atoms with Gasteiger partial charge in [-0.3, -0.25) is 4.79 Å². The van der Waals surface area contributed by atoms with Crippen molar-refractivity contribution in [3.63, 3.8) is 0 Å². The summed E-state index contributed by atoms with van der Waals surface area (Å²) in [6, 6.07) is 7.15. The minimum Gasteiger partial charge on any atom is -0.367 e. The Balaban J connectivity index is 1.98. The Morgan fingerprint density at radius 1 is 1.44 bits per heavy atom. The number of nitrogens with one attached hydrogen (secondary N) is 2. The highest BCUT2D eigenvalue weighted by Gasteiger charge is 2.06. The first kappa shape index (κ1) is 10.9. The number of carbonyl (C=O) groups is 1. The number of carbonyl (C=O) groups excluding carboxylic acids is 1. The molecule has 0 spiro atoms. The van der Waals surface area contributed by atoms with Crippen molar-refractivity contribution in [3.05, 3.63) is 52.5 Å². The fourth-order valence-corrected chi connectivity index (χ4v) is 1.62. The predicted octanol–water partition coefficient (Wildman–Crippen LogP) is 2.10. The van der Waals surface area contributed by atoms with Crippen LogP contribution in [-0.4, -0.2) is 15.9 Å². The summed E-state index contributed by atoms with van der Waals surface area (Å²) in [4.78, 5) is 18.7. The Bertz CT molecular complexity index is 482. The lowest BCUT2D eigenvalue weighted by Crippen LogP contribution is -2.23. The van der Waals surface area contributed by atoms with Gasteiger partial charge in [-0.05, 0) is 39.7 Å². The molecular formula is C11H10BrN3O. The zero-order chi connectivity index (χ0) is 11.4. The van der Waals surface area contributed by atoms with Crippen LogP contribution in [0.25, 0.3) is 0 Å². The quantitative estimate of drug-likeness (QED) is 0.846. The maximum Gasteiger partial charge on any atom is 0.270 e. The van der Waals surface area contributed by atoms with Gasteiger partial charge in [0.15, 0.2) is 0 Å². The van der Waals surface area contributed by atoms with Crippen LogP contribution in [0.15, 0.2) is 41.3 Å². The Morgan fingerprint density at radius 2 is 2.31 bits per heavy atom. The maximum atomic E-state index is 11.7. The zero-order valence-electron chi connectivity index (χ0n) is 8.40. The first-order valence-corrected chi connectivity index (χ1v) is 5.57. The third-order valence-corrected chi connectivity index (χ3v) is 2.50. The van der Waals surface area contributed by atoms with Crippen LogP contribution in [0.5, 0.6) is 0 Å². The normalized spacial score (nSPS) is 10.1. The SMILES string of the molecule is O=C(NCc1cc[nH]c1)c1cccc(Br)n1. The Labute approximate surface area is 101 Å². The van der Waals surface area contributed by atoms with E-state index in [-0.39, 0.29) is 5.91 Å². The number of aromatic amines is 1. The second-order valence-corrected chi connectivity index (χ2v) is 4.06. The van der Waals surface area contributed by atoms with E-state index in [2.05, 4.69) is 31.2 Å². The van der Waals surface area contributed by atoms with Crippen molar-refractivity contribution in [3.8, 4) is 0 Å².